The zero-order chi connectivity index (χ0) is 8.97. The number of aryl methyl sites for hydroxylation is 1. The van der Waals surface area contributed by atoms with Gasteiger partial charge >= 0.3 is 0 Å². The Balaban J connectivity index is 2.57. The first-order valence-electron chi connectivity index (χ1n) is 4.02. The molecular formula is C11H14S. The topological polar surface area (TPSA) is 0 Å². The van der Waals surface area contributed by atoms with Crippen LogP contribution in [0.15, 0.2) is 41.3 Å². The Morgan fingerprint density at radius 1 is 1.50 bits per heavy atom. The molecule has 0 radical (unpaired) electrons. The standard InChI is InChI=1S/C11H14S/c1-9(2)8-12-11-6-4-5-10(3)7-11/h4-7H,1,8H2,2-3H3. The lowest BCUT2D eigenvalue weighted by molar-refractivity contribution is 1.35. The minimum absolute atomic E-state index is 1.02. The third-order valence-electron chi connectivity index (χ3n) is 1.47. The van der Waals surface area contributed by atoms with Crippen molar-refractivity contribution in [2.75, 3.05) is 5.75 Å². The van der Waals surface area contributed by atoms with Crippen molar-refractivity contribution in [2.24, 2.45) is 0 Å². The van der Waals surface area contributed by atoms with Crippen molar-refractivity contribution >= 4 is 11.8 Å². The molecule has 64 valence electrons. The summed E-state index contributed by atoms with van der Waals surface area (Å²) in [6.07, 6.45) is 0. The quantitative estimate of drug-likeness (QED) is 0.503. The second kappa shape index (κ2) is 4.36. The Bertz CT molecular complexity index is 276. The largest absolute Gasteiger partial charge is 0.122 e. The lowest BCUT2D eigenvalue weighted by Crippen LogP contribution is -1.79. The van der Waals surface area contributed by atoms with Gasteiger partial charge in [-0.1, -0.05) is 29.8 Å². The Kier molecular flexibility index (Phi) is 3.42. The third-order valence-corrected chi connectivity index (χ3v) is 2.70. The van der Waals surface area contributed by atoms with Crippen molar-refractivity contribution in [1.29, 1.82) is 0 Å². The number of thioether (sulfide) groups is 1. The molecule has 0 spiro atoms. The van der Waals surface area contributed by atoms with Gasteiger partial charge in [-0.15, -0.1) is 11.8 Å². The summed E-state index contributed by atoms with van der Waals surface area (Å²) in [4.78, 5) is 1.33. The Morgan fingerprint density at radius 2 is 2.25 bits per heavy atom. The molecule has 0 bridgehead atoms. The molecular weight excluding hydrogens is 164 g/mol. The van der Waals surface area contributed by atoms with Crippen molar-refractivity contribution in [1.82, 2.24) is 0 Å². The molecule has 0 unspecified atom stereocenters. The van der Waals surface area contributed by atoms with Crippen molar-refractivity contribution < 1.29 is 0 Å². The second-order valence-corrected chi connectivity index (χ2v) is 4.11. The van der Waals surface area contributed by atoms with Gasteiger partial charge in [-0.25, -0.2) is 0 Å². The molecule has 0 N–H and O–H groups in total. The molecule has 0 aromatic heterocycles. The van der Waals surface area contributed by atoms with Crippen LogP contribution in [0.5, 0.6) is 0 Å². The molecule has 0 aliphatic carbocycles. The maximum Gasteiger partial charge on any atom is 0.0185 e. The molecule has 0 heterocycles. The SMILES string of the molecule is C=C(C)CSc1cccc(C)c1. The van der Waals surface area contributed by atoms with Gasteiger partial charge in [0.25, 0.3) is 0 Å². The summed E-state index contributed by atoms with van der Waals surface area (Å²) in [6, 6.07) is 8.55. The third kappa shape index (κ3) is 3.14. The van der Waals surface area contributed by atoms with Gasteiger partial charge < -0.3 is 0 Å². The average Bonchev–Trinajstić information content (AvgIpc) is 2.01. The highest BCUT2D eigenvalue weighted by Gasteiger charge is 1.93. The van der Waals surface area contributed by atoms with Crippen LogP contribution in [-0.4, -0.2) is 5.75 Å². The van der Waals surface area contributed by atoms with Gasteiger partial charge in [-0.05, 0) is 26.0 Å². The lowest BCUT2D eigenvalue weighted by atomic mass is 10.2. The van der Waals surface area contributed by atoms with Crippen LogP contribution in [0.4, 0.5) is 0 Å². The molecule has 0 aliphatic rings. The van der Waals surface area contributed by atoms with Crippen LogP contribution in [0.1, 0.15) is 12.5 Å². The number of hydrogen-bond acceptors (Lipinski definition) is 1. The minimum atomic E-state index is 1.02. The maximum absolute atomic E-state index is 3.87. The van der Waals surface area contributed by atoms with Gasteiger partial charge in [-0.3, -0.25) is 0 Å². The predicted molar refractivity (Wildman–Crippen MR) is 56.7 cm³/mol. The highest BCUT2D eigenvalue weighted by Crippen LogP contribution is 2.20. The van der Waals surface area contributed by atoms with E-state index in [1.54, 1.807) is 0 Å². The van der Waals surface area contributed by atoms with Crippen LogP contribution >= 0.6 is 11.8 Å². The summed E-state index contributed by atoms with van der Waals surface area (Å²) in [5.74, 6) is 1.02. The van der Waals surface area contributed by atoms with Gasteiger partial charge in [0, 0.05) is 10.6 Å². The second-order valence-electron chi connectivity index (χ2n) is 3.06. The molecule has 0 fully saturated rings. The van der Waals surface area contributed by atoms with Crippen molar-refractivity contribution in [2.45, 2.75) is 18.7 Å². The molecule has 1 aromatic rings. The molecule has 0 saturated heterocycles. The first-order chi connectivity index (χ1) is 5.68. The molecule has 1 rings (SSSR count). The van der Waals surface area contributed by atoms with E-state index in [2.05, 4.69) is 44.7 Å². The van der Waals surface area contributed by atoms with E-state index in [1.165, 1.54) is 16.0 Å². The van der Waals surface area contributed by atoms with Crippen molar-refractivity contribution in [3.63, 3.8) is 0 Å². The fraction of sp³-hybridized carbons (Fsp3) is 0.273. The van der Waals surface area contributed by atoms with Crippen molar-refractivity contribution in [3.05, 3.63) is 42.0 Å². The predicted octanol–water partition coefficient (Wildman–Crippen LogP) is 3.66. The Labute approximate surface area is 78.7 Å². The van der Waals surface area contributed by atoms with Gasteiger partial charge in [0.2, 0.25) is 0 Å². The smallest absolute Gasteiger partial charge is 0.0185 e. The maximum atomic E-state index is 3.87. The van der Waals surface area contributed by atoms with Crippen LogP contribution in [0.2, 0.25) is 0 Å². The van der Waals surface area contributed by atoms with E-state index in [0.717, 1.165) is 5.75 Å². The summed E-state index contributed by atoms with van der Waals surface area (Å²) in [5, 5.41) is 0. The summed E-state index contributed by atoms with van der Waals surface area (Å²) < 4.78 is 0. The number of benzene rings is 1. The first kappa shape index (κ1) is 9.40. The number of rotatable bonds is 3. The zero-order valence-corrected chi connectivity index (χ0v) is 8.45. The lowest BCUT2D eigenvalue weighted by Gasteiger charge is -2.01. The highest BCUT2D eigenvalue weighted by atomic mass is 32.2. The molecule has 0 saturated carbocycles. The summed E-state index contributed by atoms with van der Waals surface area (Å²) in [7, 11) is 0. The van der Waals surface area contributed by atoms with Crippen LogP contribution in [0.25, 0.3) is 0 Å². The van der Waals surface area contributed by atoms with Crippen molar-refractivity contribution in [3.8, 4) is 0 Å². The van der Waals surface area contributed by atoms with E-state index >= 15 is 0 Å². The average molecular weight is 178 g/mol. The summed E-state index contributed by atoms with van der Waals surface area (Å²) in [5.41, 5.74) is 2.54. The van der Waals surface area contributed by atoms with Gasteiger partial charge in [0.1, 0.15) is 0 Å². The fourth-order valence-corrected chi connectivity index (χ4v) is 1.77. The van der Waals surface area contributed by atoms with Crippen LogP contribution in [-0.2, 0) is 0 Å². The van der Waals surface area contributed by atoms with Gasteiger partial charge in [0.05, 0.1) is 0 Å². The Hall–Kier alpha value is -0.690. The molecule has 0 amide bonds. The first-order valence-corrected chi connectivity index (χ1v) is 5.01. The molecule has 1 aromatic carbocycles. The van der Waals surface area contributed by atoms with Crippen LogP contribution in [0.3, 0.4) is 0 Å². The molecule has 12 heavy (non-hydrogen) atoms. The fourth-order valence-electron chi connectivity index (χ4n) is 0.912. The van der Waals surface area contributed by atoms with E-state index < -0.39 is 0 Å². The van der Waals surface area contributed by atoms with Gasteiger partial charge in [0.15, 0.2) is 0 Å². The molecule has 0 aliphatic heterocycles. The molecule has 0 atom stereocenters. The van der Waals surface area contributed by atoms with Crippen LogP contribution in [0, 0.1) is 6.92 Å². The van der Waals surface area contributed by atoms with E-state index in [1.807, 2.05) is 11.8 Å². The normalized spacial score (nSPS) is 9.83. The highest BCUT2D eigenvalue weighted by molar-refractivity contribution is 7.99. The van der Waals surface area contributed by atoms with E-state index in [0.29, 0.717) is 0 Å². The Morgan fingerprint density at radius 3 is 2.83 bits per heavy atom. The van der Waals surface area contributed by atoms with Gasteiger partial charge in [-0.2, -0.15) is 0 Å². The summed E-state index contributed by atoms with van der Waals surface area (Å²) in [6.45, 7) is 8.05. The van der Waals surface area contributed by atoms with E-state index in [9.17, 15) is 0 Å². The zero-order valence-electron chi connectivity index (χ0n) is 7.63. The monoisotopic (exact) mass is 178 g/mol. The molecule has 1 heteroatoms. The van der Waals surface area contributed by atoms with E-state index in [-0.39, 0.29) is 0 Å². The minimum Gasteiger partial charge on any atom is -0.122 e. The molecule has 0 nitrogen and oxygen atoms in total. The number of hydrogen-bond donors (Lipinski definition) is 0. The van der Waals surface area contributed by atoms with E-state index in [4.69, 9.17) is 0 Å². The van der Waals surface area contributed by atoms with Crippen LogP contribution < -0.4 is 0 Å². The summed E-state index contributed by atoms with van der Waals surface area (Å²) >= 11 is 1.84.